The van der Waals surface area contributed by atoms with Gasteiger partial charge >= 0.3 is 0 Å². The molecule has 150 heavy (non-hydrogen) atoms. The van der Waals surface area contributed by atoms with Gasteiger partial charge < -0.3 is 0 Å². The molecule has 11 nitrogen and oxygen atoms in total. The summed E-state index contributed by atoms with van der Waals surface area (Å²) in [5.41, 5.74) is 41.2. The summed E-state index contributed by atoms with van der Waals surface area (Å²) < 4.78 is 6.73. The molecule has 29 rings (SSSR count). The second-order valence-corrected chi connectivity index (χ2v) is 40.9. The van der Waals surface area contributed by atoms with E-state index in [1.165, 1.54) is 121 Å². The van der Waals surface area contributed by atoms with Crippen LogP contribution in [0.15, 0.2) is 491 Å². The predicted octanol–water partition coefficient (Wildman–Crippen LogP) is 34.8. The Hall–Kier alpha value is -19.1. The molecule has 3 aliphatic carbocycles. The first kappa shape index (κ1) is 89.7. The topological polar surface area (TPSA) is 118 Å². The van der Waals surface area contributed by atoms with Crippen LogP contribution in [0.3, 0.4) is 0 Å². The quantitative estimate of drug-likeness (QED) is 0.106. The van der Waals surface area contributed by atoms with Crippen LogP contribution in [-0.2, 0) is 16.2 Å². The van der Waals surface area contributed by atoms with Crippen molar-refractivity contribution in [1.29, 1.82) is 0 Å². The first-order valence-corrected chi connectivity index (χ1v) is 51.4. The van der Waals surface area contributed by atoms with E-state index < -0.39 is 0 Å². The predicted molar refractivity (Wildman–Crippen MR) is 617 cm³/mol. The Bertz CT molecular complexity index is 9740. The molecule has 0 atom stereocenters. The van der Waals surface area contributed by atoms with Gasteiger partial charge in [-0.2, -0.15) is 19.9 Å². The van der Waals surface area contributed by atoms with Gasteiger partial charge in [0.2, 0.25) is 17.8 Å². The fraction of sp³-hybridized carbons (Fsp3) is 0.0647. The average molecular weight is 1920 g/mol. The molecule has 0 bridgehead atoms. The Labute approximate surface area is 870 Å². The molecule has 6 aromatic heterocycles. The highest BCUT2D eigenvalue weighted by Crippen LogP contribution is 2.56. The lowest BCUT2D eigenvalue weighted by Crippen LogP contribution is -2.15. The standard InChI is InChI=1S/C49H35N3.C48H34N4.C42H30N4/c1-49(2)42-19-11-9-17-38(42)40-29-41-39-18-10-12-20-46(39)52(47(41)30-43(40)49)48-50-44(36-15-7-4-8-16-36)31-45(51-48)37-27-25-35(26-28-37)34-23-21-33(22-24-34)32-13-5-3-6-14-32;1-48(2)41-24-14-12-22-37(41)39-29-40-38-23-13-15-25-43(38)52(44(40)30-42(39)48)47-50-45(33-20-10-5-11-21-33)49-46(51-47)36-27-34(31-16-6-3-7-17-31)26-35(28-36)32-18-8-4-9-19-32;1-42(2)35-22-11-9-20-31(35)33-25-34-32-21-10-12-23-37(32)46(38(34)26-36(33)42)41-44-39(28-16-7-4-8-17-28)43-40(45-41)30-19-13-18-29(24-30)27-14-5-3-6-15-27/h3-31H,1-2H3;3-30H,1-2H3;3-26H,1-2H3. The first-order chi connectivity index (χ1) is 73.6. The lowest BCUT2D eigenvalue weighted by Gasteiger charge is -2.21. The molecule has 0 N–H and O–H groups in total. The molecule has 3 aliphatic rings. The van der Waals surface area contributed by atoms with Gasteiger partial charge in [0.05, 0.1) is 44.5 Å². The van der Waals surface area contributed by atoms with E-state index in [9.17, 15) is 0 Å². The van der Waals surface area contributed by atoms with Gasteiger partial charge in [-0.3, -0.25) is 13.7 Å². The molecule has 0 amide bonds. The van der Waals surface area contributed by atoms with Gasteiger partial charge in [-0.1, -0.05) is 448 Å². The summed E-state index contributed by atoms with van der Waals surface area (Å²) in [7, 11) is 0. The molecule has 710 valence electrons. The van der Waals surface area contributed by atoms with Crippen LogP contribution in [0.5, 0.6) is 0 Å². The van der Waals surface area contributed by atoms with E-state index in [0.717, 1.165) is 111 Å². The molecule has 20 aromatic carbocycles. The monoisotopic (exact) mass is 1920 g/mol. The Morgan fingerprint density at radius 2 is 0.380 bits per heavy atom. The number of benzene rings is 20. The highest BCUT2D eigenvalue weighted by molar-refractivity contribution is 6.15. The smallest absolute Gasteiger partial charge is 0.238 e. The van der Waals surface area contributed by atoms with E-state index in [-0.39, 0.29) is 16.2 Å². The average Bonchev–Trinajstić information content (AvgIpc) is 1.55. The molecular formula is C139H99N11. The maximum Gasteiger partial charge on any atom is 0.238 e. The van der Waals surface area contributed by atoms with Crippen molar-refractivity contribution in [2.75, 3.05) is 0 Å². The van der Waals surface area contributed by atoms with Crippen LogP contribution in [0.1, 0.15) is 74.9 Å². The molecule has 0 spiro atoms. The van der Waals surface area contributed by atoms with Crippen molar-refractivity contribution < 1.29 is 0 Å². The minimum absolute atomic E-state index is 0.122. The molecule has 0 saturated heterocycles. The molecule has 0 saturated carbocycles. The maximum absolute atomic E-state index is 5.35. The lowest BCUT2D eigenvalue weighted by atomic mass is 9.82. The van der Waals surface area contributed by atoms with Crippen LogP contribution in [0, 0.1) is 0 Å². The summed E-state index contributed by atoms with van der Waals surface area (Å²) in [6.45, 7) is 14.0. The van der Waals surface area contributed by atoms with Gasteiger partial charge in [0.25, 0.3) is 0 Å². The zero-order valence-corrected chi connectivity index (χ0v) is 83.7. The molecule has 0 unspecified atom stereocenters. The number of hydrogen-bond acceptors (Lipinski definition) is 8. The molecule has 0 aliphatic heterocycles. The fourth-order valence-corrected chi connectivity index (χ4v) is 23.3. The van der Waals surface area contributed by atoms with Crippen LogP contribution < -0.4 is 0 Å². The van der Waals surface area contributed by atoms with Crippen molar-refractivity contribution in [2.45, 2.75) is 57.8 Å². The van der Waals surface area contributed by atoms with E-state index in [1.807, 2.05) is 48.5 Å². The van der Waals surface area contributed by atoms with Crippen molar-refractivity contribution >= 4 is 65.4 Å². The fourth-order valence-electron chi connectivity index (χ4n) is 23.3. The Morgan fingerprint density at radius 1 is 0.140 bits per heavy atom. The third-order valence-electron chi connectivity index (χ3n) is 31.0. The van der Waals surface area contributed by atoms with Crippen molar-refractivity contribution in [1.82, 2.24) is 53.6 Å². The summed E-state index contributed by atoms with van der Waals surface area (Å²) >= 11 is 0. The summed E-state index contributed by atoms with van der Waals surface area (Å²) in [5.74, 6) is 4.40. The van der Waals surface area contributed by atoms with Crippen molar-refractivity contribution in [2.24, 2.45) is 0 Å². The second kappa shape index (κ2) is 36.3. The second-order valence-electron chi connectivity index (χ2n) is 40.9. The van der Waals surface area contributed by atoms with Crippen LogP contribution in [0.2, 0.25) is 0 Å². The molecule has 6 heterocycles. The maximum atomic E-state index is 5.35. The summed E-state index contributed by atoms with van der Waals surface area (Å²) in [4.78, 5) is 41.8. The van der Waals surface area contributed by atoms with Gasteiger partial charge in [-0.15, -0.1) is 0 Å². The van der Waals surface area contributed by atoms with Gasteiger partial charge in [0, 0.05) is 81.9 Å². The largest absolute Gasteiger partial charge is 0.278 e. The van der Waals surface area contributed by atoms with E-state index in [4.69, 9.17) is 39.9 Å². The molecule has 26 aromatic rings. The van der Waals surface area contributed by atoms with E-state index >= 15 is 0 Å². The first-order valence-electron chi connectivity index (χ1n) is 51.4. The molecule has 0 radical (unpaired) electrons. The Morgan fingerprint density at radius 3 is 0.740 bits per heavy atom. The van der Waals surface area contributed by atoms with Crippen molar-refractivity contribution in [3.05, 3.63) is 525 Å². The summed E-state index contributed by atoms with van der Waals surface area (Å²) in [6.07, 6.45) is 0. The molecule has 11 heteroatoms. The SMILES string of the molecule is CC1(C)c2ccccc2-c2cc3c4ccccc4n(-c4nc(-c5ccccc5)cc(-c5ccc(-c6ccc(-c7ccccc7)cc6)cc5)n4)c3cc21.CC1(C)c2ccccc2-c2cc3c4ccccc4n(-c4nc(-c5ccccc5)nc(-c5cc(-c6ccccc6)cc(-c6ccccc6)c5)n4)c3cc21.CC1(C)c2ccccc2-c2cc3c4ccccc4n(-c4nc(-c5ccccc5)nc(-c5cccc(-c6ccccc6)c5)n4)c3cc21. The van der Waals surface area contributed by atoms with Crippen molar-refractivity contribution in [3.63, 3.8) is 0 Å². The van der Waals surface area contributed by atoms with Crippen LogP contribution in [-0.4, -0.2) is 53.6 Å². The Balaban J connectivity index is 0.000000111. The van der Waals surface area contributed by atoms with Gasteiger partial charge in [0.15, 0.2) is 23.3 Å². The van der Waals surface area contributed by atoms with E-state index in [1.54, 1.807) is 0 Å². The number of aromatic nitrogens is 11. The number of fused-ring (bicyclic) bond motifs is 18. The zero-order valence-electron chi connectivity index (χ0n) is 83.7. The number of rotatable bonds is 14. The van der Waals surface area contributed by atoms with Crippen LogP contribution in [0.4, 0.5) is 0 Å². The van der Waals surface area contributed by atoms with Crippen LogP contribution in [0.25, 0.3) is 240 Å². The summed E-state index contributed by atoms with van der Waals surface area (Å²) in [6, 6.07) is 174. The van der Waals surface area contributed by atoms with Crippen LogP contribution >= 0.6 is 0 Å². The number of hydrogen-bond donors (Lipinski definition) is 0. The van der Waals surface area contributed by atoms with E-state index in [2.05, 4.69) is 498 Å². The highest BCUT2D eigenvalue weighted by Gasteiger charge is 2.40. The van der Waals surface area contributed by atoms with Gasteiger partial charge in [-0.05, 0) is 207 Å². The van der Waals surface area contributed by atoms with E-state index in [0.29, 0.717) is 41.1 Å². The van der Waals surface area contributed by atoms with Gasteiger partial charge in [-0.25, -0.2) is 19.9 Å². The zero-order chi connectivity index (χ0) is 100. The van der Waals surface area contributed by atoms with Gasteiger partial charge in [0.1, 0.15) is 0 Å². The minimum atomic E-state index is -0.146. The lowest BCUT2D eigenvalue weighted by molar-refractivity contribution is 0.660. The Kier molecular flexibility index (Phi) is 21.7. The third kappa shape index (κ3) is 15.5. The highest BCUT2D eigenvalue weighted by atomic mass is 15.2. The number of para-hydroxylation sites is 3. The van der Waals surface area contributed by atoms with Crippen molar-refractivity contribution in [3.8, 4) is 175 Å². The minimum Gasteiger partial charge on any atom is -0.278 e. The number of nitrogens with zero attached hydrogens (tertiary/aromatic N) is 11. The normalized spacial score (nSPS) is 13.0. The summed E-state index contributed by atoms with van der Waals surface area (Å²) in [5, 5.41) is 7.12. The third-order valence-corrected chi connectivity index (χ3v) is 31.0. The molecule has 0 fully saturated rings. The molecular weight excluding hydrogens is 1820 g/mol.